The predicted molar refractivity (Wildman–Crippen MR) is 92.1 cm³/mol. The van der Waals surface area contributed by atoms with Crippen molar-refractivity contribution in [3.05, 3.63) is 81.7 Å². The molecule has 3 aromatic rings. The van der Waals surface area contributed by atoms with Gasteiger partial charge in [-0.3, -0.25) is 0 Å². The van der Waals surface area contributed by atoms with Crippen molar-refractivity contribution >= 4 is 16.9 Å². The van der Waals surface area contributed by atoms with E-state index in [-0.39, 0.29) is 12.2 Å². The number of carbonyl (C=O) groups excluding carboxylic acids is 1. The topological polar surface area (TPSA) is 56.5 Å². The fraction of sp³-hybridized carbons (Fsp3) is 0.200. The molecule has 0 aliphatic heterocycles. The van der Waals surface area contributed by atoms with Gasteiger partial charge in [0.05, 0.1) is 0 Å². The molecule has 3 rings (SSSR count). The Kier molecular flexibility index (Phi) is 4.47. The molecule has 0 fully saturated rings. The van der Waals surface area contributed by atoms with Crippen molar-refractivity contribution in [3.63, 3.8) is 0 Å². The summed E-state index contributed by atoms with van der Waals surface area (Å²) in [6.45, 7) is 4.35. The highest BCUT2D eigenvalue weighted by molar-refractivity contribution is 5.92. The summed E-state index contributed by atoms with van der Waals surface area (Å²) in [6, 6.07) is 16.4. The van der Waals surface area contributed by atoms with Crippen LogP contribution in [0.4, 0.5) is 0 Å². The van der Waals surface area contributed by atoms with Crippen LogP contribution in [-0.2, 0) is 11.3 Å². The van der Waals surface area contributed by atoms with E-state index in [9.17, 15) is 9.59 Å². The van der Waals surface area contributed by atoms with Gasteiger partial charge in [0.1, 0.15) is 17.8 Å². The lowest BCUT2D eigenvalue weighted by molar-refractivity contribution is 0.0468. The second-order valence-electron chi connectivity index (χ2n) is 5.96. The number of ether oxygens (including phenoxy) is 1. The average Bonchev–Trinajstić information content (AvgIpc) is 2.59. The third-order valence-corrected chi connectivity index (χ3v) is 3.88. The molecule has 0 radical (unpaired) electrons. The monoisotopic (exact) mass is 322 g/mol. The lowest BCUT2D eigenvalue weighted by Gasteiger charge is -2.08. The third kappa shape index (κ3) is 3.38. The van der Waals surface area contributed by atoms with E-state index in [1.807, 2.05) is 30.3 Å². The summed E-state index contributed by atoms with van der Waals surface area (Å²) in [6.07, 6.45) is 0. The van der Waals surface area contributed by atoms with Crippen LogP contribution in [0.3, 0.4) is 0 Å². The number of rotatable bonds is 4. The zero-order valence-electron chi connectivity index (χ0n) is 13.6. The Morgan fingerprint density at radius 2 is 1.79 bits per heavy atom. The molecule has 0 amide bonds. The Bertz CT molecular complexity index is 920. The fourth-order valence-electron chi connectivity index (χ4n) is 2.43. The van der Waals surface area contributed by atoms with Crippen molar-refractivity contribution in [1.29, 1.82) is 0 Å². The van der Waals surface area contributed by atoms with Crippen LogP contribution in [0.1, 0.15) is 41.3 Å². The van der Waals surface area contributed by atoms with Gasteiger partial charge in [-0.1, -0.05) is 56.3 Å². The molecule has 24 heavy (non-hydrogen) atoms. The van der Waals surface area contributed by atoms with Crippen molar-refractivity contribution in [2.24, 2.45) is 0 Å². The minimum Gasteiger partial charge on any atom is -0.457 e. The standard InChI is InChI=1S/C20H18O4/c1-13(2)15-9-7-14(8-10-15)12-23-19(21)17-11-16-5-3-4-6-18(16)24-20(17)22/h3-11,13H,12H2,1-2H3. The van der Waals surface area contributed by atoms with Gasteiger partial charge < -0.3 is 9.15 Å². The Morgan fingerprint density at radius 3 is 2.50 bits per heavy atom. The molecule has 2 aromatic carbocycles. The van der Waals surface area contributed by atoms with Crippen LogP contribution in [-0.4, -0.2) is 5.97 Å². The Balaban J connectivity index is 1.75. The lowest BCUT2D eigenvalue weighted by atomic mass is 10.0. The molecule has 0 aliphatic carbocycles. The minimum atomic E-state index is -0.686. The van der Waals surface area contributed by atoms with Gasteiger partial charge in [0.25, 0.3) is 0 Å². The third-order valence-electron chi connectivity index (χ3n) is 3.88. The number of para-hydroxylation sites is 1. The fourth-order valence-corrected chi connectivity index (χ4v) is 2.43. The molecule has 1 aromatic heterocycles. The van der Waals surface area contributed by atoms with Gasteiger partial charge >= 0.3 is 11.6 Å². The number of carbonyl (C=O) groups is 1. The molecule has 1 heterocycles. The van der Waals surface area contributed by atoms with Gasteiger partial charge in [-0.25, -0.2) is 9.59 Å². The summed E-state index contributed by atoms with van der Waals surface area (Å²) in [5.74, 6) is -0.230. The van der Waals surface area contributed by atoms with Gasteiger partial charge in [0.2, 0.25) is 0 Å². The Labute approximate surface area is 139 Å². The average molecular weight is 322 g/mol. The van der Waals surface area contributed by atoms with E-state index in [0.717, 1.165) is 5.56 Å². The van der Waals surface area contributed by atoms with Gasteiger partial charge in [-0.15, -0.1) is 0 Å². The number of fused-ring (bicyclic) bond motifs is 1. The van der Waals surface area contributed by atoms with Crippen molar-refractivity contribution in [1.82, 2.24) is 0 Å². The van der Waals surface area contributed by atoms with Crippen LogP contribution in [0.2, 0.25) is 0 Å². The predicted octanol–water partition coefficient (Wildman–Crippen LogP) is 4.27. The zero-order chi connectivity index (χ0) is 17.1. The van der Waals surface area contributed by atoms with E-state index in [2.05, 4.69) is 13.8 Å². The van der Waals surface area contributed by atoms with Gasteiger partial charge in [0.15, 0.2) is 0 Å². The molecule has 4 nitrogen and oxygen atoms in total. The minimum absolute atomic E-state index is 0.0903. The maximum absolute atomic E-state index is 12.2. The van der Waals surface area contributed by atoms with Gasteiger partial charge in [0, 0.05) is 5.39 Å². The molecular formula is C20H18O4. The molecule has 0 bridgehead atoms. The van der Waals surface area contributed by atoms with Crippen LogP contribution in [0, 0.1) is 0 Å². The first kappa shape index (κ1) is 16.0. The molecule has 0 saturated carbocycles. The quantitative estimate of drug-likeness (QED) is 0.531. The first-order valence-corrected chi connectivity index (χ1v) is 7.83. The first-order valence-electron chi connectivity index (χ1n) is 7.83. The molecule has 0 spiro atoms. The molecule has 0 unspecified atom stereocenters. The second-order valence-corrected chi connectivity index (χ2v) is 5.96. The Morgan fingerprint density at radius 1 is 1.08 bits per heavy atom. The summed E-state index contributed by atoms with van der Waals surface area (Å²) >= 11 is 0. The highest BCUT2D eigenvalue weighted by atomic mass is 16.5. The largest absolute Gasteiger partial charge is 0.457 e. The van der Waals surface area contributed by atoms with E-state index in [0.29, 0.717) is 16.9 Å². The van der Waals surface area contributed by atoms with Crippen molar-refractivity contribution < 1.29 is 13.9 Å². The van der Waals surface area contributed by atoms with Crippen molar-refractivity contribution in [2.75, 3.05) is 0 Å². The SMILES string of the molecule is CC(C)c1ccc(COC(=O)c2cc3ccccc3oc2=O)cc1. The van der Waals surface area contributed by atoms with Gasteiger partial charge in [-0.05, 0) is 29.2 Å². The van der Waals surface area contributed by atoms with E-state index in [1.165, 1.54) is 11.6 Å². The van der Waals surface area contributed by atoms with Crippen LogP contribution in [0.25, 0.3) is 11.0 Å². The van der Waals surface area contributed by atoms with Gasteiger partial charge in [-0.2, -0.15) is 0 Å². The second kappa shape index (κ2) is 6.71. The summed E-state index contributed by atoms with van der Waals surface area (Å²) in [5, 5.41) is 0.685. The molecular weight excluding hydrogens is 304 g/mol. The van der Waals surface area contributed by atoms with Crippen molar-refractivity contribution in [3.8, 4) is 0 Å². The zero-order valence-corrected chi connectivity index (χ0v) is 13.6. The summed E-state index contributed by atoms with van der Waals surface area (Å²) in [7, 11) is 0. The molecule has 0 N–H and O–H groups in total. The maximum atomic E-state index is 12.2. The number of benzene rings is 2. The van der Waals surface area contributed by atoms with Crippen LogP contribution < -0.4 is 5.63 Å². The summed E-state index contributed by atoms with van der Waals surface area (Å²) in [4.78, 5) is 24.1. The Hall–Kier alpha value is -2.88. The van der Waals surface area contributed by atoms with Crippen LogP contribution >= 0.6 is 0 Å². The van der Waals surface area contributed by atoms with E-state index >= 15 is 0 Å². The summed E-state index contributed by atoms with van der Waals surface area (Å²) < 4.78 is 10.4. The lowest BCUT2D eigenvalue weighted by Crippen LogP contribution is -2.16. The highest BCUT2D eigenvalue weighted by Crippen LogP contribution is 2.16. The molecule has 0 aliphatic rings. The number of esters is 1. The van der Waals surface area contributed by atoms with E-state index in [1.54, 1.807) is 18.2 Å². The van der Waals surface area contributed by atoms with Crippen molar-refractivity contribution in [2.45, 2.75) is 26.4 Å². The maximum Gasteiger partial charge on any atom is 0.351 e. The molecule has 122 valence electrons. The molecule has 4 heteroatoms. The van der Waals surface area contributed by atoms with Crippen LogP contribution in [0.5, 0.6) is 0 Å². The van der Waals surface area contributed by atoms with Crippen LogP contribution in [0.15, 0.2) is 63.8 Å². The first-order chi connectivity index (χ1) is 11.5. The van der Waals surface area contributed by atoms with E-state index in [4.69, 9.17) is 9.15 Å². The number of hydrogen-bond donors (Lipinski definition) is 0. The smallest absolute Gasteiger partial charge is 0.351 e. The van der Waals surface area contributed by atoms with E-state index < -0.39 is 11.6 Å². The molecule has 0 atom stereocenters. The normalized spacial score (nSPS) is 11.0. The highest BCUT2D eigenvalue weighted by Gasteiger charge is 2.15. The summed E-state index contributed by atoms with van der Waals surface area (Å²) in [5.41, 5.74) is 1.77. The number of hydrogen-bond acceptors (Lipinski definition) is 4. The molecule has 0 saturated heterocycles.